The molecule has 3 heteroatoms. The Morgan fingerprint density at radius 3 is 2.89 bits per heavy atom. The Morgan fingerprint density at radius 1 is 1.26 bits per heavy atom. The molecule has 0 aliphatic carbocycles. The van der Waals surface area contributed by atoms with E-state index in [0.29, 0.717) is 0 Å². The van der Waals surface area contributed by atoms with Crippen molar-refractivity contribution < 1.29 is 9.15 Å². The van der Waals surface area contributed by atoms with E-state index in [0.717, 1.165) is 31.1 Å². The first-order chi connectivity index (χ1) is 9.29. The van der Waals surface area contributed by atoms with Crippen molar-refractivity contribution in [3.8, 4) is 5.75 Å². The standard InChI is InChI=1S/C16H21NO2/c1-3-9-18-15-7-4-6-14(11-15)12-17-13(2)16-8-5-10-19-16/h4-8,10-11,13,17H,3,9,12H2,1-2H3. The van der Waals surface area contributed by atoms with Gasteiger partial charge in [-0.1, -0.05) is 19.1 Å². The minimum absolute atomic E-state index is 0.204. The molecule has 0 radical (unpaired) electrons. The molecule has 0 fully saturated rings. The number of nitrogens with one attached hydrogen (secondary N) is 1. The summed E-state index contributed by atoms with van der Waals surface area (Å²) in [6.45, 7) is 5.76. The van der Waals surface area contributed by atoms with Gasteiger partial charge in [-0.05, 0) is 43.2 Å². The first kappa shape index (κ1) is 13.7. The molecule has 3 nitrogen and oxygen atoms in total. The fourth-order valence-electron chi connectivity index (χ4n) is 1.87. The molecule has 0 saturated heterocycles. The van der Waals surface area contributed by atoms with Gasteiger partial charge in [0, 0.05) is 6.54 Å². The van der Waals surface area contributed by atoms with Gasteiger partial charge >= 0.3 is 0 Å². The third kappa shape index (κ3) is 4.14. The molecule has 1 aromatic carbocycles. The highest BCUT2D eigenvalue weighted by Gasteiger charge is 2.07. The van der Waals surface area contributed by atoms with E-state index in [1.54, 1.807) is 6.26 Å². The summed E-state index contributed by atoms with van der Waals surface area (Å²) in [7, 11) is 0. The zero-order chi connectivity index (χ0) is 13.5. The summed E-state index contributed by atoms with van der Waals surface area (Å²) in [5, 5.41) is 3.44. The van der Waals surface area contributed by atoms with Gasteiger partial charge in [-0.15, -0.1) is 0 Å². The second kappa shape index (κ2) is 7.00. The summed E-state index contributed by atoms with van der Waals surface area (Å²) < 4.78 is 11.0. The fraction of sp³-hybridized carbons (Fsp3) is 0.375. The highest BCUT2D eigenvalue weighted by molar-refractivity contribution is 5.28. The van der Waals surface area contributed by atoms with Crippen molar-refractivity contribution in [3.05, 3.63) is 54.0 Å². The van der Waals surface area contributed by atoms with Crippen molar-refractivity contribution in [2.24, 2.45) is 0 Å². The van der Waals surface area contributed by atoms with E-state index in [-0.39, 0.29) is 6.04 Å². The van der Waals surface area contributed by atoms with Gasteiger partial charge in [0.05, 0.1) is 18.9 Å². The van der Waals surface area contributed by atoms with Crippen LogP contribution >= 0.6 is 0 Å². The topological polar surface area (TPSA) is 34.4 Å². The number of benzene rings is 1. The van der Waals surface area contributed by atoms with E-state index in [9.17, 15) is 0 Å². The second-order valence-corrected chi connectivity index (χ2v) is 4.61. The molecule has 19 heavy (non-hydrogen) atoms. The summed E-state index contributed by atoms with van der Waals surface area (Å²) in [6.07, 6.45) is 2.73. The molecule has 102 valence electrons. The molecule has 1 N–H and O–H groups in total. The predicted molar refractivity (Wildman–Crippen MR) is 76.2 cm³/mol. The van der Waals surface area contributed by atoms with Crippen LogP contribution in [0.25, 0.3) is 0 Å². The van der Waals surface area contributed by atoms with Crippen molar-refractivity contribution in [2.75, 3.05) is 6.61 Å². The van der Waals surface area contributed by atoms with Crippen LogP contribution in [0, 0.1) is 0 Å². The van der Waals surface area contributed by atoms with Crippen LogP contribution in [0.4, 0.5) is 0 Å². The molecular formula is C16H21NO2. The summed E-state index contributed by atoms with van der Waals surface area (Å²) in [4.78, 5) is 0. The van der Waals surface area contributed by atoms with Gasteiger partial charge in [0.1, 0.15) is 11.5 Å². The lowest BCUT2D eigenvalue weighted by Gasteiger charge is -2.12. The van der Waals surface area contributed by atoms with Crippen LogP contribution in [-0.4, -0.2) is 6.61 Å². The number of ether oxygens (including phenoxy) is 1. The summed E-state index contributed by atoms with van der Waals surface area (Å²) in [6, 6.07) is 12.3. The van der Waals surface area contributed by atoms with Crippen molar-refractivity contribution in [1.29, 1.82) is 0 Å². The lowest BCUT2D eigenvalue weighted by Crippen LogP contribution is -2.17. The fourth-order valence-corrected chi connectivity index (χ4v) is 1.87. The molecule has 1 unspecified atom stereocenters. The largest absolute Gasteiger partial charge is 0.494 e. The zero-order valence-electron chi connectivity index (χ0n) is 11.6. The molecular weight excluding hydrogens is 238 g/mol. The molecule has 1 atom stereocenters. The number of furan rings is 1. The lowest BCUT2D eigenvalue weighted by atomic mass is 10.2. The molecule has 2 rings (SSSR count). The summed E-state index contributed by atoms with van der Waals surface area (Å²) >= 11 is 0. The lowest BCUT2D eigenvalue weighted by molar-refractivity contribution is 0.317. The molecule has 0 amide bonds. The Hall–Kier alpha value is -1.74. The first-order valence-corrected chi connectivity index (χ1v) is 6.78. The average molecular weight is 259 g/mol. The maximum absolute atomic E-state index is 5.63. The van der Waals surface area contributed by atoms with E-state index in [1.807, 2.05) is 24.3 Å². The van der Waals surface area contributed by atoms with E-state index >= 15 is 0 Å². The maximum Gasteiger partial charge on any atom is 0.120 e. The summed E-state index contributed by atoms with van der Waals surface area (Å²) in [5.74, 6) is 1.89. The van der Waals surface area contributed by atoms with Crippen LogP contribution in [0.2, 0.25) is 0 Å². The number of hydrogen-bond donors (Lipinski definition) is 1. The Kier molecular flexibility index (Phi) is 5.04. The van der Waals surface area contributed by atoms with E-state index in [1.165, 1.54) is 5.56 Å². The molecule has 1 heterocycles. The molecule has 2 aromatic rings. The van der Waals surface area contributed by atoms with E-state index in [4.69, 9.17) is 9.15 Å². The zero-order valence-corrected chi connectivity index (χ0v) is 11.6. The van der Waals surface area contributed by atoms with Gasteiger partial charge < -0.3 is 14.5 Å². The Morgan fingerprint density at radius 2 is 2.16 bits per heavy atom. The first-order valence-electron chi connectivity index (χ1n) is 6.78. The van der Waals surface area contributed by atoms with Crippen LogP contribution in [0.5, 0.6) is 5.75 Å². The minimum Gasteiger partial charge on any atom is -0.494 e. The molecule has 1 aromatic heterocycles. The smallest absolute Gasteiger partial charge is 0.120 e. The number of rotatable bonds is 7. The molecule has 0 saturated carbocycles. The molecule has 0 aliphatic rings. The van der Waals surface area contributed by atoms with Crippen LogP contribution in [0.15, 0.2) is 47.1 Å². The van der Waals surface area contributed by atoms with Crippen molar-refractivity contribution in [3.63, 3.8) is 0 Å². The third-order valence-corrected chi connectivity index (χ3v) is 2.95. The molecule has 0 aliphatic heterocycles. The Bertz CT molecular complexity index is 479. The summed E-state index contributed by atoms with van der Waals surface area (Å²) in [5.41, 5.74) is 1.21. The normalized spacial score (nSPS) is 12.3. The molecule has 0 spiro atoms. The SMILES string of the molecule is CCCOc1cccc(CNC(C)c2ccco2)c1. The monoisotopic (exact) mass is 259 g/mol. The number of hydrogen-bond acceptors (Lipinski definition) is 3. The van der Waals surface area contributed by atoms with Gasteiger partial charge in [0.15, 0.2) is 0 Å². The van der Waals surface area contributed by atoms with Crippen LogP contribution in [-0.2, 0) is 6.54 Å². The Labute approximate surface area is 114 Å². The highest BCUT2D eigenvalue weighted by Crippen LogP contribution is 2.16. The van der Waals surface area contributed by atoms with Crippen LogP contribution in [0.3, 0.4) is 0 Å². The van der Waals surface area contributed by atoms with E-state index < -0.39 is 0 Å². The van der Waals surface area contributed by atoms with Crippen LogP contribution in [0.1, 0.15) is 37.6 Å². The van der Waals surface area contributed by atoms with Gasteiger partial charge in [-0.3, -0.25) is 0 Å². The van der Waals surface area contributed by atoms with Gasteiger partial charge in [-0.2, -0.15) is 0 Å². The second-order valence-electron chi connectivity index (χ2n) is 4.61. The van der Waals surface area contributed by atoms with Crippen molar-refractivity contribution in [1.82, 2.24) is 5.32 Å². The Balaban J connectivity index is 1.88. The maximum atomic E-state index is 5.63. The van der Waals surface area contributed by atoms with Gasteiger partial charge in [0.25, 0.3) is 0 Å². The predicted octanol–water partition coefficient (Wildman–Crippen LogP) is 3.92. The molecule has 0 bridgehead atoms. The quantitative estimate of drug-likeness (QED) is 0.818. The van der Waals surface area contributed by atoms with Crippen molar-refractivity contribution in [2.45, 2.75) is 32.9 Å². The van der Waals surface area contributed by atoms with E-state index in [2.05, 4.69) is 31.3 Å². The average Bonchev–Trinajstić information content (AvgIpc) is 2.97. The third-order valence-electron chi connectivity index (χ3n) is 2.95. The highest BCUT2D eigenvalue weighted by atomic mass is 16.5. The minimum atomic E-state index is 0.204. The van der Waals surface area contributed by atoms with Gasteiger partial charge in [-0.25, -0.2) is 0 Å². The van der Waals surface area contributed by atoms with Gasteiger partial charge in [0.2, 0.25) is 0 Å². The van der Waals surface area contributed by atoms with Crippen LogP contribution < -0.4 is 10.1 Å². The van der Waals surface area contributed by atoms with Crippen molar-refractivity contribution >= 4 is 0 Å².